The van der Waals surface area contributed by atoms with Crippen LogP contribution < -0.4 is 10.2 Å². The molecule has 138 valence electrons. The highest BCUT2D eigenvalue weighted by molar-refractivity contribution is 9.10. The first-order valence-corrected chi connectivity index (χ1v) is 9.56. The van der Waals surface area contributed by atoms with E-state index in [0.717, 1.165) is 15.2 Å². The first-order chi connectivity index (χ1) is 13.5. The zero-order valence-electron chi connectivity index (χ0n) is 14.4. The average Bonchev–Trinajstić information content (AvgIpc) is 2.69. The third-order valence-electron chi connectivity index (χ3n) is 4.31. The van der Waals surface area contributed by atoms with E-state index in [2.05, 4.69) is 31.2 Å². The number of amides is 2. The largest absolute Gasteiger partial charge is 0.301 e. The van der Waals surface area contributed by atoms with Gasteiger partial charge in [-0.15, -0.1) is 0 Å². The van der Waals surface area contributed by atoms with Gasteiger partial charge in [-0.3, -0.25) is 24.5 Å². The smallest absolute Gasteiger partial charge is 0.251 e. The standard InChI is InChI=1S/C20H13BrN4O2S/c21-13-4-6-14(7-5-13)25-19(27)16(18(26)24-20(25)28)11-23-17-3-1-2-12-10-22-9-8-15(12)17/h1-11,16H,(H,24,26,28)/t16-/m0/s1. The second-order valence-corrected chi connectivity index (χ2v) is 7.38. The van der Waals surface area contributed by atoms with Crippen LogP contribution >= 0.6 is 28.1 Å². The molecule has 2 amide bonds. The molecule has 1 fully saturated rings. The van der Waals surface area contributed by atoms with Crippen molar-refractivity contribution in [3.8, 4) is 0 Å². The summed E-state index contributed by atoms with van der Waals surface area (Å²) in [5.41, 5.74) is 1.23. The second kappa shape index (κ2) is 7.57. The fraction of sp³-hybridized carbons (Fsp3) is 0.0500. The molecule has 2 heterocycles. The Kier molecular flexibility index (Phi) is 4.97. The third kappa shape index (κ3) is 3.44. The Hall–Kier alpha value is -2.97. The maximum absolute atomic E-state index is 13.0. The summed E-state index contributed by atoms with van der Waals surface area (Å²) in [6.45, 7) is 0. The van der Waals surface area contributed by atoms with Crippen LogP contribution in [-0.2, 0) is 9.59 Å². The summed E-state index contributed by atoms with van der Waals surface area (Å²) in [7, 11) is 0. The monoisotopic (exact) mass is 452 g/mol. The van der Waals surface area contributed by atoms with Gasteiger partial charge in [0.1, 0.15) is 0 Å². The molecule has 0 radical (unpaired) electrons. The van der Waals surface area contributed by atoms with E-state index in [9.17, 15) is 9.59 Å². The van der Waals surface area contributed by atoms with Gasteiger partial charge in [0.05, 0.1) is 11.4 Å². The number of hydrogen-bond donors (Lipinski definition) is 1. The van der Waals surface area contributed by atoms with Gasteiger partial charge in [0.15, 0.2) is 11.0 Å². The number of nitrogens with zero attached hydrogens (tertiary/aromatic N) is 3. The van der Waals surface area contributed by atoms with Crippen molar-refractivity contribution in [2.45, 2.75) is 0 Å². The number of rotatable bonds is 3. The molecule has 4 rings (SSSR count). The Balaban J connectivity index is 1.67. The average molecular weight is 453 g/mol. The van der Waals surface area contributed by atoms with E-state index >= 15 is 0 Å². The zero-order chi connectivity index (χ0) is 19.7. The predicted octanol–water partition coefficient (Wildman–Crippen LogP) is 3.76. The Morgan fingerprint density at radius 1 is 1.14 bits per heavy atom. The summed E-state index contributed by atoms with van der Waals surface area (Å²) in [6, 6.07) is 14.5. The molecule has 0 unspecified atom stereocenters. The Bertz CT molecular complexity index is 1130. The molecule has 2 aromatic carbocycles. The van der Waals surface area contributed by atoms with Crippen LogP contribution in [0.4, 0.5) is 11.4 Å². The number of anilines is 1. The molecule has 1 saturated heterocycles. The predicted molar refractivity (Wildman–Crippen MR) is 116 cm³/mol. The van der Waals surface area contributed by atoms with Crippen LogP contribution in [0.3, 0.4) is 0 Å². The minimum absolute atomic E-state index is 0.0539. The van der Waals surface area contributed by atoms with Crippen molar-refractivity contribution < 1.29 is 9.59 Å². The van der Waals surface area contributed by atoms with E-state index in [-0.39, 0.29) is 5.11 Å². The summed E-state index contributed by atoms with van der Waals surface area (Å²) in [6.07, 6.45) is 4.77. The summed E-state index contributed by atoms with van der Waals surface area (Å²) in [5.74, 6) is -2.01. The number of benzene rings is 2. The van der Waals surface area contributed by atoms with Crippen molar-refractivity contribution >= 4 is 73.4 Å². The van der Waals surface area contributed by atoms with E-state index in [1.165, 1.54) is 11.1 Å². The first kappa shape index (κ1) is 18.4. The van der Waals surface area contributed by atoms with Crippen molar-refractivity contribution in [1.29, 1.82) is 0 Å². The number of carbonyl (C=O) groups is 2. The molecular formula is C20H13BrN4O2S. The van der Waals surface area contributed by atoms with Gasteiger partial charge < -0.3 is 5.32 Å². The molecule has 1 aliphatic heterocycles. The Labute approximate surface area is 174 Å². The quantitative estimate of drug-likeness (QED) is 0.372. The fourth-order valence-corrected chi connectivity index (χ4v) is 3.49. The number of aliphatic imine (C=N–C) groups is 1. The summed E-state index contributed by atoms with van der Waals surface area (Å²) in [5, 5.41) is 4.45. The van der Waals surface area contributed by atoms with Crippen molar-refractivity contribution in [3.05, 3.63) is 65.4 Å². The summed E-state index contributed by atoms with van der Waals surface area (Å²) in [4.78, 5) is 35.2. The highest BCUT2D eigenvalue weighted by Crippen LogP contribution is 2.26. The number of halogens is 1. The number of nitrogens with one attached hydrogen (secondary N) is 1. The third-order valence-corrected chi connectivity index (χ3v) is 5.12. The van der Waals surface area contributed by atoms with Gasteiger partial charge in [0.25, 0.3) is 5.91 Å². The molecule has 1 aromatic heterocycles. The highest BCUT2D eigenvalue weighted by Gasteiger charge is 2.38. The number of hydrogen-bond acceptors (Lipinski definition) is 5. The number of pyridine rings is 1. The first-order valence-electron chi connectivity index (χ1n) is 8.36. The normalized spacial score (nSPS) is 17.4. The molecule has 0 spiro atoms. The van der Waals surface area contributed by atoms with Gasteiger partial charge in [0.2, 0.25) is 5.91 Å². The lowest BCUT2D eigenvalue weighted by Gasteiger charge is -2.30. The molecule has 1 aliphatic rings. The van der Waals surface area contributed by atoms with Crippen LogP contribution in [0.15, 0.2) is 70.4 Å². The van der Waals surface area contributed by atoms with Gasteiger partial charge in [-0.05, 0) is 48.6 Å². The van der Waals surface area contributed by atoms with Gasteiger partial charge in [0, 0.05) is 33.9 Å². The molecule has 0 bridgehead atoms. The van der Waals surface area contributed by atoms with Crippen molar-refractivity contribution in [2.75, 3.05) is 4.90 Å². The maximum atomic E-state index is 13.0. The lowest BCUT2D eigenvalue weighted by atomic mass is 10.1. The van der Waals surface area contributed by atoms with Crippen LogP contribution in [0.1, 0.15) is 0 Å². The number of carbonyl (C=O) groups excluding carboxylic acids is 2. The Morgan fingerprint density at radius 2 is 1.93 bits per heavy atom. The molecule has 3 aromatic rings. The van der Waals surface area contributed by atoms with Gasteiger partial charge in [-0.1, -0.05) is 28.1 Å². The molecule has 1 N–H and O–H groups in total. The molecule has 8 heteroatoms. The van der Waals surface area contributed by atoms with Gasteiger partial charge >= 0.3 is 0 Å². The van der Waals surface area contributed by atoms with Crippen molar-refractivity contribution in [1.82, 2.24) is 10.3 Å². The second-order valence-electron chi connectivity index (χ2n) is 6.07. The van der Waals surface area contributed by atoms with Crippen molar-refractivity contribution in [3.63, 3.8) is 0 Å². The molecule has 0 aliphatic carbocycles. The molecule has 0 saturated carbocycles. The van der Waals surface area contributed by atoms with E-state index in [4.69, 9.17) is 12.2 Å². The lowest BCUT2D eigenvalue weighted by molar-refractivity contribution is -0.130. The van der Waals surface area contributed by atoms with Crippen LogP contribution in [0.5, 0.6) is 0 Å². The summed E-state index contributed by atoms with van der Waals surface area (Å²) >= 11 is 8.56. The van der Waals surface area contributed by atoms with E-state index in [1.54, 1.807) is 36.7 Å². The van der Waals surface area contributed by atoms with E-state index < -0.39 is 17.7 Å². The molecule has 28 heavy (non-hydrogen) atoms. The van der Waals surface area contributed by atoms with E-state index in [0.29, 0.717) is 11.4 Å². The molecule has 6 nitrogen and oxygen atoms in total. The van der Waals surface area contributed by atoms with Crippen LogP contribution in [-0.4, -0.2) is 28.1 Å². The van der Waals surface area contributed by atoms with E-state index in [1.807, 2.05) is 24.3 Å². The molecular weight excluding hydrogens is 440 g/mol. The van der Waals surface area contributed by atoms with Crippen LogP contribution in [0.2, 0.25) is 0 Å². The SMILES string of the molecule is O=C1NC(=S)N(c2ccc(Br)cc2)C(=O)[C@H]1C=Nc1cccc2cnccc12. The molecule has 1 atom stereocenters. The minimum Gasteiger partial charge on any atom is -0.301 e. The van der Waals surface area contributed by atoms with Crippen LogP contribution in [0, 0.1) is 5.92 Å². The summed E-state index contributed by atoms with van der Waals surface area (Å²) < 4.78 is 0.874. The fourth-order valence-electron chi connectivity index (χ4n) is 2.93. The number of fused-ring (bicyclic) bond motifs is 1. The maximum Gasteiger partial charge on any atom is 0.251 e. The van der Waals surface area contributed by atoms with Crippen LogP contribution in [0.25, 0.3) is 10.8 Å². The lowest BCUT2D eigenvalue weighted by Crippen LogP contribution is -2.58. The zero-order valence-corrected chi connectivity index (χ0v) is 16.8. The minimum atomic E-state index is -1.08. The van der Waals surface area contributed by atoms with Crippen molar-refractivity contribution in [2.24, 2.45) is 10.9 Å². The number of aromatic nitrogens is 1. The van der Waals surface area contributed by atoms with Gasteiger partial charge in [-0.25, -0.2) is 0 Å². The Morgan fingerprint density at radius 3 is 2.71 bits per heavy atom. The number of thiocarbonyl (C=S) groups is 1. The topological polar surface area (TPSA) is 74.7 Å². The van der Waals surface area contributed by atoms with Gasteiger partial charge in [-0.2, -0.15) is 0 Å². The highest BCUT2D eigenvalue weighted by atomic mass is 79.9.